The van der Waals surface area contributed by atoms with Crippen LogP contribution in [0.4, 0.5) is 0 Å². The smallest absolute Gasteiger partial charge is 0.0945 e. The molecule has 2 aliphatic rings. The molecule has 2 aliphatic heterocycles. The highest BCUT2D eigenvalue weighted by Crippen LogP contribution is 2.40. The summed E-state index contributed by atoms with van der Waals surface area (Å²) >= 11 is 2.00. The van der Waals surface area contributed by atoms with Gasteiger partial charge in [0.05, 0.1) is 18.1 Å². The maximum atomic E-state index is 10.6. The van der Waals surface area contributed by atoms with Crippen LogP contribution in [-0.4, -0.2) is 56.7 Å². The van der Waals surface area contributed by atoms with Gasteiger partial charge >= 0.3 is 0 Å². The maximum absolute atomic E-state index is 10.6. The molecule has 2 aromatic heterocycles. The fourth-order valence-corrected chi connectivity index (χ4v) is 6.22. The van der Waals surface area contributed by atoms with Crippen LogP contribution in [0, 0.1) is 5.41 Å². The standard InChI is InChI=1S/C23H36N4OS/c1-3-4-5-21-6-7-22(29-21)16-26-10-8-23(9-11-26)12-20(28)15-27(17-23)14-19-13-24-18-25(19)2/h6-7,13,18,20,28H,3-5,8-12,14-17H2,1-2H3. The van der Waals surface area contributed by atoms with E-state index in [1.165, 1.54) is 47.6 Å². The zero-order valence-corrected chi connectivity index (χ0v) is 18.8. The van der Waals surface area contributed by atoms with Gasteiger partial charge in [-0.05, 0) is 62.7 Å². The number of aryl methyl sites for hydroxylation is 2. The summed E-state index contributed by atoms with van der Waals surface area (Å²) in [7, 11) is 2.05. The molecule has 1 spiro atoms. The quantitative estimate of drug-likeness (QED) is 0.748. The number of rotatable bonds is 7. The highest BCUT2D eigenvalue weighted by atomic mass is 32.1. The Bertz CT molecular complexity index is 777. The number of piperidine rings is 2. The highest BCUT2D eigenvalue weighted by molar-refractivity contribution is 7.11. The molecule has 0 bridgehead atoms. The van der Waals surface area contributed by atoms with Gasteiger partial charge in [0.25, 0.3) is 0 Å². The lowest BCUT2D eigenvalue weighted by molar-refractivity contribution is -0.0451. The molecule has 0 aliphatic carbocycles. The third-order valence-corrected chi connectivity index (χ3v) is 7.92. The van der Waals surface area contributed by atoms with Crippen LogP contribution < -0.4 is 0 Å². The highest BCUT2D eigenvalue weighted by Gasteiger charge is 2.41. The number of hydrogen-bond donors (Lipinski definition) is 1. The first-order chi connectivity index (χ1) is 14.0. The number of β-amino-alcohol motifs (C(OH)–C–C–N with tert-alkyl or cyclic N) is 1. The van der Waals surface area contributed by atoms with Gasteiger partial charge in [-0.3, -0.25) is 9.80 Å². The maximum Gasteiger partial charge on any atom is 0.0945 e. The number of likely N-dealkylation sites (tertiary alicyclic amines) is 2. The van der Waals surface area contributed by atoms with E-state index < -0.39 is 0 Å². The molecule has 2 saturated heterocycles. The van der Waals surface area contributed by atoms with E-state index in [0.29, 0.717) is 0 Å². The lowest BCUT2D eigenvalue weighted by atomic mass is 9.71. The summed E-state index contributed by atoms with van der Waals surface area (Å²) in [5, 5.41) is 10.6. The Balaban J connectivity index is 1.31. The van der Waals surface area contributed by atoms with Crippen molar-refractivity contribution in [1.29, 1.82) is 0 Å². The number of imidazole rings is 1. The minimum Gasteiger partial charge on any atom is -0.392 e. The van der Waals surface area contributed by atoms with Crippen molar-refractivity contribution in [3.63, 3.8) is 0 Å². The zero-order chi connectivity index (χ0) is 20.3. The molecule has 5 nitrogen and oxygen atoms in total. The first-order valence-corrected chi connectivity index (χ1v) is 12.0. The molecule has 1 atom stereocenters. The third kappa shape index (κ3) is 5.29. The summed E-state index contributed by atoms with van der Waals surface area (Å²) in [5.41, 5.74) is 1.50. The Morgan fingerprint density at radius 1 is 1.17 bits per heavy atom. The van der Waals surface area contributed by atoms with Gasteiger partial charge < -0.3 is 9.67 Å². The number of aromatic nitrogens is 2. The Morgan fingerprint density at radius 3 is 2.69 bits per heavy atom. The lowest BCUT2D eigenvalue weighted by Gasteiger charge is -2.49. The fourth-order valence-electron chi connectivity index (χ4n) is 5.11. The predicted molar refractivity (Wildman–Crippen MR) is 119 cm³/mol. The first kappa shape index (κ1) is 21.0. The topological polar surface area (TPSA) is 44.5 Å². The molecule has 160 valence electrons. The molecule has 0 radical (unpaired) electrons. The number of thiophene rings is 1. The fraction of sp³-hybridized carbons (Fsp3) is 0.696. The van der Waals surface area contributed by atoms with Crippen LogP contribution in [0.2, 0.25) is 0 Å². The van der Waals surface area contributed by atoms with E-state index in [-0.39, 0.29) is 11.5 Å². The van der Waals surface area contributed by atoms with Crippen molar-refractivity contribution in [2.24, 2.45) is 12.5 Å². The van der Waals surface area contributed by atoms with Crippen molar-refractivity contribution in [1.82, 2.24) is 19.4 Å². The molecule has 0 amide bonds. The van der Waals surface area contributed by atoms with Crippen molar-refractivity contribution in [2.75, 3.05) is 26.2 Å². The van der Waals surface area contributed by atoms with E-state index in [4.69, 9.17) is 0 Å². The monoisotopic (exact) mass is 416 g/mol. The average molecular weight is 417 g/mol. The number of unbranched alkanes of at least 4 members (excludes halogenated alkanes) is 1. The van der Waals surface area contributed by atoms with Crippen LogP contribution in [0.5, 0.6) is 0 Å². The molecular formula is C23H36N4OS. The lowest BCUT2D eigenvalue weighted by Crippen LogP contribution is -2.53. The van der Waals surface area contributed by atoms with Gasteiger partial charge in [0, 0.05) is 49.2 Å². The largest absolute Gasteiger partial charge is 0.392 e. The molecule has 1 N–H and O–H groups in total. The van der Waals surface area contributed by atoms with Crippen molar-refractivity contribution in [2.45, 2.75) is 64.6 Å². The molecular weight excluding hydrogens is 380 g/mol. The number of nitrogens with zero attached hydrogens (tertiary/aromatic N) is 4. The van der Waals surface area contributed by atoms with Crippen molar-refractivity contribution in [3.8, 4) is 0 Å². The van der Waals surface area contributed by atoms with Crippen LogP contribution in [0.25, 0.3) is 0 Å². The Kier molecular flexibility index (Phi) is 6.74. The molecule has 29 heavy (non-hydrogen) atoms. The van der Waals surface area contributed by atoms with Crippen LogP contribution in [-0.2, 0) is 26.6 Å². The van der Waals surface area contributed by atoms with E-state index in [1.54, 1.807) is 0 Å². The summed E-state index contributed by atoms with van der Waals surface area (Å²) in [5.74, 6) is 0. The molecule has 2 fully saturated rings. The molecule has 0 saturated carbocycles. The summed E-state index contributed by atoms with van der Waals surface area (Å²) in [6, 6.07) is 4.66. The van der Waals surface area contributed by atoms with Gasteiger partial charge in [0.1, 0.15) is 0 Å². The minimum atomic E-state index is -0.207. The second-order valence-electron chi connectivity index (χ2n) is 9.27. The zero-order valence-electron chi connectivity index (χ0n) is 18.0. The van der Waals surface area contributed by atoms with Crippen LogP contribution in [0.15, 0.2) is 24.7 Å². The van der Waals surface area contributed by atoms with Crippen LogP contribution >= 0.6 is 11.3 Å². The Hall–Kier alpha value is -1.21. The average Bonchev–Trinajstić information content (AvgIpc) is 3.31. The number of aliphatic hydroxyl groups is 1. The van der Waals surface area contributed by atoms with Gasteiger partial charge in [-0.1, -0.05) is 13.3 Å². The van der Waals surface area contributed by atoms with Gasteiger partial charge in [-0.15, -0.1) is 11.3 Å². The second kappa shape index (κ2) is 9.29. The van der Waals surface area contributed by atoms with Gasteiger partial charge in [-0.25, -0.2) is 4.98 Å². The van der Waals surface area contributed by atoms with E-state index >= 15 is 0 Å². The summed E-state index contributed by atoms with van der Waals surface area (Å²) < 4.78 is 2.09. The summed E-state index contributed by atoms with van der Waals surface area (Å²) in [6.07, 6.45) is 10.8. The molecule has 6 heteroatoms. The van der Waals surface area contributed by atoms with Crippen molar-refractivity contribution >= 4 is 11.3 Å². The van der Waals surface area contributed by atoms with E-state index in [0.717, 1.165) is 45.7 Å². The van der Waals surface area contributed by atoms with Gasteiger partial charge in [0.15, 0.2) is 0 Å². The molecule has 4 rings (SSSR count). The SMILES string of the molecule is CCCCc1ccc(CN2CCC3(CC2)CC(O)CN(Cc2cncn2C)C3)s1. The van der Waals surface area contributed by atoms with E-state index in [2.05, 4.69) is 45.5 Å². The molecule has 1 unspecified atom stereocenters. The van der Waals surface area contributed by atoms with Crippen LogP contribution in [0.3, 0.4) is 0 Å². The Morgan fingerprint density at radius 2 is 1.97 bits per heavy atom. The normalized spacial score (nSPS) is 23.1. The van der Waals surface area contributed by atoms with E-state index in [1.807, 2.05) is 23.9 Å². The van der Waals surface area contributed by atoms with Crippen molar-refractivity contribution < 1.29 is 5.11 Å². The Labute approximate surface area is 179 Å². The van der Waals surface area contributed by atoms with Gasteiger partial charge in [-0.2, -0.15) is 0 Å². The van der Waals surface area contributed by atoms with E-state index in [9.17, 15) is 5.11 Å². The number of hydrogen-bond acceptors (Lipinski definition) is 5. The van der Waals surface area contributed by atoms with Crippen LogP contribution in [0.1, 0.15) is 54.5 Å². The predicted octanol–water partition coefficient (Wildman–Crippen LogP) is 3.67. The second-order valence-corrected chi connectivity index (χ2v) is 10.5. The molecule has 4 heterocycles. The first-order valence-electron chi connectivity index (χ1n) is 11.2. The van der Waals surface area contributed by atoms with Gasteiger partial charge in [0.2, 0.25) is 0 Å². The molecule has 0 aromatic carbocycles. The third-order valence-electron chi connectivity index (χ3n) is 6.79. The van der Waals surface area contributed by atoms with Crippen molar-refractivity contribution in [3.05, 3.63) is 40.1 Å². The minimum absolute atomic E-state index is 0.207. The number of aliphatic hydroxyl groups excluding tert-OH is 1. The molecule has 2 aromatic rings. The summed E-state index contributed by atoms with van der Waals surface area (Å²) in [4.78, 5) is 12.4. The summed E-state index contributed by atoms with van der Waals surface area (Å²) in [6.45, 7) is 8.42.